The van der Waals surface area contributed by atoms with Crippen molar-refractivity contribution in [2.24, 2.45) is 0 Å². The van der Waals surface area contributed by atoms with E-state index in [0.29, 0.717) is 28.8 Å². The highest BCUT2D eigenvalue weighted by Crippen LogP contribution is 2.26. The van der Waals surface area contributed by atoms with Gasteiger partial charge in [-0.2, -0.15) is 4.31 Å². The Morgan fingerprint density at radius 1 is 1.00 bits per heavy atom. The van der Waals surface area contributed by atoms with Crippen LogP contribution in [0.15, 0.2) is 53.4 Å². The van der Waals surface area contributed by atoms with Crippen molar-refractivity contribution in [3.05, 3.63) is 59.1 Å². The van der Waals surface area contributed by atoms with Crippen molar-refractivity contribution in [2.45, 2.75) is 31.1 Å². The lowest BCUT2D eigenvalue weighted by Crippen LogP contribution is -2.35. The van der Waals surface area contributed by atoms with Gasteiger partial charge in [0.2, 0.25) is 10.0 Å². The van der Waals surface area contributed by atoms with Crippen molar-refractivity contribution < 1.29 is 8.42 Å². The number of halogens is 1. The predicted octanol–water partition coefficient (Wildman–Crippen LogP) is 5.11. The number of rotatable bonds is 4. The summed E-state index contributed by atoms with van der Waals surface area (Å²) in [5, 5.41) is 4.73. The summed E-state index contributed by atoms with van der Waals surface area (Å²) >= 11 is 6.18. The first-order valence-corrected chi connectivity index (χ1v) is 11.2. The summed E-state index contributed by atoms with van der Waals surface area (Å²) < 4.78 is 27.3. The number of nitrogens with one attached hydrogen (secondary N) is 1. The van der Waals surface area contributed by atoms with E-state index in [4.69, 9.17) is 11.6 Å². The molecule has 0 aliphatic carbocycles. The van der Waals surface area contributed by atoms with E-state index < -0.39 is 10.0 Å². The largest absolute Gasteiger partial charge is 0.340 e. The predicted molar refractivity (Wildman–Crippen MR) is 114 cm³/mol. The highest BCUT2D eigenvalue weighted by Gasteiger charge is 2.26. The fraction of sp³-hybridized carbons (Fsp3) is 0.286. The van der Waals surface area contributed by atoms with E-state index in [1.807, 2.05) is 37.3 Å². The molecule has 1 N–H and O–H groups in total. The van der Waals surface area contributed by atoms with Crippen LogP contribution in [0.1, 0.15) is 24.8 Å². The zero-order valence-electron chi connectivity index (χ0n) is 15.7. The molecule has 0 bridgehead atoms. The summed E-state index contributed by atoms with van der Waals surface area (Å²) in [6.45, 7) is 3.15. The van der Waals surface area contributed by atoms with Crippen molar-refractivity contribution >= 4 is 44.0 Å². The molecule has 2 aromatic carbocycles. The minimum atomic E-state index is -3.45. The molecule has 1 saturated heterocycles. The van der Waals surface area contributed by atoms with Crippen LogP contribution in [0.4, 0.5) is 11.5 Å². The van der Waals surface area contributed by atoms with Crippen LogP contribution in [0.3, 0.4) is 0 Å². The van der Waals surface area contributed by atoms with Crippen LogP contribution < -0.4 is 5.32 Å². The third-order valence-corrected chi connectivity index (χ3v) is 7.36. The number of hydrogen-bond acceptors (Lipinski definition) is 4. The first-order valence-electron chi connectivity index (χ1n) is 9.38. The van der Waals surface area contributed by atoms with Crippen molar-refractivity contribution in [1.29, 1.82) is 0 Å². The Kier molecular flexibility index (Phi) is 5.27. The van der Waals surface area contributed by atoms with Crippen molar-refractivity contribution in [3.8, 4) is 0 Å². The van der Waals surface area contributed by atoms with Gasteiger partial charge in [0.05, 0.1) is 10.4 Å². The number of aryl methyl sites for hydroxylation is 1. The highest BCUT2D eigenvalue weighted by molar-refractivity contribution is 7.89. The van der Waals surface area contributed by atoms with E-state index >= 15 is 0 Å². The second-order valence-corrected chi connectivity index (χ2v) is 9.45. The molecule has 0 spiro atoms. The van der Waals surface area contributed by atoms with Gasteiger partial charge < -0.3 is 5.32 Å². The molecular formula is C21H22ClN3O2S. The van der Waals surface area contributed by atoms with Crippen molar-refractivity contribution in [2.75, 3.05) is 18.4 Å². The number of fused-ring (bicyclic) bond motifs is 1. The van der Waals surface area contributed by atoms with Gasteiger partial charge in [0.1, 0.15) is 5.82 Å². The Hall–Kier alpha value is -2.15. The minimum absolute atomic E-state index is 0.328. The summed E-state index contributed by atoms with van der Waals surface area (Å²) in [5.41, 5.74) is 2.61. The topological polar surface area (TPSA) is 62.3 Å². The lowest BCUT2D eigenvalue weighted by Gasteiger charge is -2.25. The van der Waals surface area contributed by atoms with E-state index in [0.717, 1.165) is 41.4 Å². The fourth-order valence-electron chi connectivity index (χ4n) is 3.41. The summed E-state index contributed by atoms with van der Waals surface area (Å²) in [6.07, 6.45) is 2.94. The molecule has 0 saturated carbocycles. The van der Waals surface area contributed by atoms with E-state index in [1.54, 1.807) is 22.5 Å². The maximum absolute atomic E-state index is 12.9. The molecule has 0 unspecified atom stereocenters. The number of pyridine rings is 1. The zero-order valence-corrected chi connectivity index (χ0v) is 17.2. The third-order valence-electron chi connectivity index (χ3n) is 5.06. The smallest absolute Gasteiger partial charge is 0.243 e. The van der Waals surface area contributed by atoms with Crippen molar-refractivity contribution in [3.63, 3.8) is 0 Å². The monoisotopic (exact) mass is 415 g/mol. The Balaban J connectivity index is 1.61. The summed E-state index contributed by atoms with van der Waals surface area (Å²) in [7, 11) is -3.45. The van der Waals surface area contributed by atoms with Gasteiger partial charge in [-0.25, -0.2) is 13.4 Å². The lowest BCUT2D eigenvalue weighted by atomic mass is 10.2. The standard InChI is InChI=1S/C21H22ClN3O2S/c1-15-5-7-17(14-19(15)22)23-21-10-6-16-13-18(8-9-20(16)24-21)28(26,27)25-11-3-2-4-12-25/h5-10,13-14H,2-4,11-12H2,1H3,(H,23,24). The quantitative estimate of drug-likeness (QED) is 0.642. The Labute approximate surface area is 170 Å². The molecule has 0 amide bonds. The number of hydrogen-bond donors (Lipinski definition) is 1. The number of piperidine rings is 1. The van der Waals surface area contributed by atoms with Gasteiger partial charge in [-0.15, -0.1) is 0 Å². The van der Waals surface area contributed by atoms with E-state index in [9.17, 15) is 8.42 Å². The van der Waals surface area contributed by atoms with Crippen molar-refractivity contribution in [1.82, 2.24) is 9.29 Å². The normalized spacial score (nSPS) is 15.6. The Morgan fingerprint density at radius 3 is 2.54 bits per heavy atom. The molecule has 146 valence electrons. The number of sulfonamides is 1. The van der Waals surface area contributed by atoms with E-state index in [1.165, 1.54) is 0 Å². The molecule has 3 aromatic rings. The maximum atomic E-state index is 12.9. The molecule has 28 heavy (non-hydrogen) atoms. The second-order valence-electron chi connectivity index (χ2n) is 7.10. The molecule has 1 aliphatic rings. The molecule has 7 heteroatoms. The summed E-state index contributed by atoms with van der Waals surface area (Å²) in [6, 6.07) is 14.6. The maximum Gasteiger partial charge on any atom is 0.243 e. The zero-order chi connectivity index (χ0) is 19.7. The average Bonchev–Trinajstić information content (AvgIpc) is 2.71. The first-order chi connectivity index (χ1) is 13.4. The average molecular weight is 416 g/mol. The van der Waals surface area contributed by atoms with Crippen LogP contribution in [-0.4, -0.2) is 30.8 Å². The molecule has 1 aromatic heterocycles. The fourth-order valence-corrected chi connectivity index (χ4v) is 5.14. The third kappa shape index (κ3) is 3.85. The first kappa shape index (κ1) is 19.2. The van der Waals surface area contributed by atoms with Gasteiger partial charge in [-0.05, 0) is 67.8 Å². The van der Waals surface area contributed by atoms with Crippen LogP contribution in [0.2, 0.25) is 5.02 Å². The van der Waals surface area contributed by atoms with Gasteiger partial charge in [-0.3, -0.25) is 0 Å². The molecule has 1 aliphatic heterocycles. The second kappa shape index (κ2) is 7.70. The number of benzene rings is 2. The SMILES string of the molecule is Cc1ccc(Nc2ccc3cc(S(=O)(=O)N4CCCCC4)ccc3n2)cc1Cl. The molecule has 5 nitrogen and oxygen atoms in total. The van der Waals surface area contributed by atoms with Crippen LogP contribution in [0, 0.1) is 6.92 Å². The molecule has 2 heterocycles. The van der Waals surface area contributed by atoms with E-state index in [2.05, 4.69) is 10.3 Å². The Bertz CT molecular complexity index is 1130. The summed E-state index contributed by atoms with van der Waals surface area (Å²) in [5.74, 6) is 0.680. The van der Waals surface area contributed by atoms with Gasteiger partial charge in [0.25, 0.3) is 0 Å². The molecule has 4 rings (SSSR count). The van der Waals surface area contributed by atoms with Gasteiger partial charge in [-0.1, -0.05) is 24.1 Å². The van der Waals surface area contributed by atoms with Gasteiger partial charge in [0, 0.05) is 29.2 Å². The van der Waals surface area contributed by atoms with Gasteiger partial charge >= 0.3 is 0 Å². The van der Waals surface area contributed by atoms with Crippen LogP contribution in [0.5, 0.6) is 0 Å². The molecule has 0 atom stereocenters. The Morgan fingerprint density at radius 2 is 1.79 bits per heavy atom. The molecular weight excluding hydrogens is 394 g/mol. The number of anilines is 2. The summed E-state index contributed by atoms with van der Waals surface area (Å²) in [4.78, 5) is 4.92. The molecule has 1 fully saturated rings. The van der Waals surface area contributed by atoms with Crippen LogP contribution in [-0.2, 0) is 10.0 Å². The van der Waals surface area contributed by atoms with Crippen LogP contribution >= 0.6 is 11.6 Å². The van der Waals surface area contributed by atoms with Crippen LogP contribution in [0.25, 0.3) is 10.9 Å². The number of nitrogens with zero attached hydrogens (tertiary/aromatic N) is 2. The number of aromatic nitrogens is 1. The van der Waals surface area contributed by atoms with Gasteiger partial charge in [0.15, 0.2) is 0 Å². The van der Waals surface area contributed by atoms with E-state index in [-0.39, 0.29) is 0 Å². The minimum Gasteiger partial charge on any atom is -0.340 e. The lowest BCUT2D eigenvalue weighted by molar-refractivity contribution is 0.346. The molecule has 0 radical (unpaired) electrons. The highest BCUT2D eigenvalue weighted by atomic mass is 35.5.